The summed E-state index contributed by atoms with van der Waals surface area (Å²) in [6.45, 7) is 7.02. The Bertz CT molecular complexity index is 842. The topological polar surface area (TPSA) is 118 Å². The van der Waals surface area contributed by atoms with Gasteiger partial charge >= 0.3 is 13.3 Å². The molecule has 2 fully saturated rings. The number of aromatic nitrogens is 2. The number of H-pyrrole nitrogens is 1. The first-order chi connectivity index (χ1) is 12.7. The Balaban J connectivity index is 1.82. The summed E-state index contributed by atoms with van der Waals surface area (Å²) in [5.74, 6) is 0. The fourth-order valence-corrected chi connectivity index (χ4v) is 4.97. The van der Waals surface area contributed by atoms with Crippen molar-refractivity contribution in [3.63, 3.8) is 0 Å². The molecule has 0 amide bonds. The SMILES string of the molecule is CCOP(=O)(OCC)[C@@]1(C)OC[C@H]2O[C@@H](n3cc(C)c(=O)[nH]c3=O)C[C@@H]2O1. The van der Waals surface area contributed by atoms with Crippen LogP contribution in [-0.2, 0) is 27.8 Å². The number of aryl methyl sites for hydroxylation is 1. The molecule has 2 saturated heterocycles. The second-order valence-corrected chi connectivity index (χ2v) is 8.87. The van der Waals surface area contributed by atoms with E-state index in [1.165, 1.54) is 17.7 Å². The van der Waals surface area contributed by atoms with E-state index in [9.17, 15) is 14.2 Å². The van der Waals surface area contributed by atoms with Crippen molar-refractivity contribution < 1.29 is 27.8 Å². The molecule has 1 aromatic heterocycles. The molecule has 0 radical (unpaired) electrons. The van der Waals surface area contributed by atoms with E-state index in [0.717, 1.165) is 0 Å². The number of nitrogens with zero attached hydrogens (tertiary/aromatic N) is 1. The van der Waals surface area contributed by atoms with Crippen molar-refractivity contribution in [3.8, 4) is 0 Å². The lowest BCUT2D eigenvalue weighted by molar-refractivity contribution is -0.267. The largest absolute Gasteiger partial charge is 0.389 e. The fourth-order valence-electron chi connectivity index (χ4n) is 3.25. The van der Waals surface area contributed by atoms with Crippen molar-refractivity contribution in [2.75, 3.05) is 19.8 Å². The maximum absolute atomic E-state index is 13.1. The van der Waals surface area contributed by atoms with Crippen molar-refractivity contribution in [1.82, 2.24) is 9.55 Å². The van der Waals surface area contributed by atoms with Gasteiger partial charge in [0.1, 0.15) is 12.3 Å². The average molecular weight is 404 g/mol. The van der Waals surface area contributed by atoms with E-state index in [0.29, 0.717) is 12.0 Å². The minimum atomic E-state index is -3.69. The molecule has 4 atom stereocenters. The van der Waals surface area contributed by atoms with E-state index in [1.807, 2.05) is 0 Å². The zero-order valence-electron chi connectivity index (χ0n) is 15.8. The van der Waals surface area contributed by atoms with E-state index in [-0.39, 0.29) is 19.8 Å². The van der Waals surface area contributed by atoms with Gasteiger partial charge < -0.3 is 23.3 Å². The minimum Gasteiger partial charge on any atom is -0.349 e. The van der Waals surface area contributed by atoms with Crippen molar-refractivity contribution in [3.05, 3.63) is 32.6 Å². The van der Waals surface area contributed by atoms with Gasteiger partial charge in [-0.15, -0.1) is 0 Å². The van der Waals surface area contributed by atoms with Crippen LogP contribution in [0.25, 0.3) is 0 Å². The highest BCUT2D eigenvalue weighted by Crippen LogP contribution is 2.63. The molecule has 0 unspecified atom stereocenters. The number of hydrogen-bond donors (Lipinski definition) is 1. The molecule has 11 heteroatoms. The van der Waals surface area contributed by atoms with E-state index >= 15 is 0 Å². The van der Waals surface area contributed by atoms with Crippen molar-refractivity contribution in [1.29, 1.82) is 0 Å². The van der Waals surface area contributed by atoms with Gasteiger partial charge in [-0.1, -0.05) is 0 Å². The summed E-state index contributed by atoms with van der Waals surface area (Å²) in [5, 5.41) is 0. The molecule has 0 spiro atoms. The maximum Gasteiger partial charge on any atom is 0.389 e. The Hall–Kier alpha value is -1.29. The molecule has 1 aromatic rings. The van der Waals surface area contributed by atoms with Crippen LogP contribution >= 0.6 is 7.60 Å². The summed E-state index contributed by atoms with van der Waals surface area (Å²) in [6, 6.07) is 0. The van der Waals surface area contributed by atoms with Gasteiger partial charge in [-0.3, -0.25) is 18.9 Å². The standard InChI is InChI=1S/C16H25N2O8P/c1-5-23-27(21,24-6-2)16(4)22-9-12-11(26-16)7-13(25-12)18-8-10(3)14(19)17-15(18)20/h8,11-13H,5-7,9H2,1-4H3,(H,17,19,20)/t11-,12+,13+,16-/m0/s1. The number of fused-ring (bicyclic) bond motifs is 1. The third-order valence-electron chi connectivity index (χ3n) is 4.62. The average Bonchev–Trinajstić information content (AvgIpc) is 3.01. The smallest absolute Gasteiger partial charge is 0.349 e. The van der Waals surface area contributed by atoms with Crippen LogP contribution in [0.3, 0.4) is 0 Å². The molecule has 2 aliphatic heterocycles. The Kier molecular flexibility index (Phi) is 5.77. The first-order valence-electron chi connectivity index (χ1n) is 8.91. The predicted octanol–water partition coefficient (Wildman–Crippen LogP) is 1.49. The van der Waals surface area contributed by atoms with Gasteiger partial charge in [0, 0.05) is 25.1 Å². The van der Waals surface area contributed by atoms with Crippen LogP contribution in [0.15, 0.2) is 15.8 Å². The predicted molar refractivity (Wildman–Crippen MR) is 94.7 cm³/mol. The summed E-state index contributed by atoms with van der Waals surface area (Å²) in [5.41, 5.74) is -2.17. The molecule has 3 rings (SSSR count). The van der Waals surface area contributed by atoms with Gasteiger partial charge in [0.15, 0.2) is 0 Å². The Morgan fingerprint density at radius 1 is 1.30 bits per heavy atom. The van der Waals surface area contributed by atoms with Crippen LogP contribution < -0.4 is 11.2 Å². The molecule has 27 heavy (non-hydrogen) atoms. The quantitative estimate of drug-likeness (QED) is 0.709. The van der Waals surface area contributed by atoms with Crippen molar-refractivity contribution in [2.45, 2.75) is 58.1 Å². The van der Waals surface area contributed by atoms with Gasteiger partial charge in [0.2, 0.25) is 0 Å². The molecule has 152 valence electrons. The molecular weight excluding hydrogens is 379 g/mol. The molecule has 3 heterocycles. The molecule has 0 bridgehead atoms. The van der Waals surface area contributed by atoms with Crippen LogP contribution in [0.5, 0.6) is 0 Å². The number of rotatable bonds is 6. The first kappa shape index (κ1) is 20.4. The number of aromatic amines is 1. The van der Waals surface area contributed by atoms with Gasteiger partial charge in [-0.2, -0.15) is 0 Å². The third kappa shape index (κ3) is 3.70. The van der Waals surface area contributed by atoms with Gasteiger partial charge in [-0.05, 0) is 20.8 Å². The highest BCUT2D eigenvalue weighted by molar-refractivity contribution is 7.55. The van der Waals surface area contributed by atoms with Gasteiger partial charge in [0.25, 0.3) is 11.1 Å². The summed E-state index contributed by atoms with van der Waals surface area (Å²) in [4.78, 5) is 25.9. The highest BCUT2D eigenvalue weighted by atomic mass is 31.2. The lowest BCUT2D eigenvalue weighted by atomic mass is 10.1. The number of hydrogen-bond acceptors (Lipinski definition) is 8. The van der Waals surface area contributed by atoms with Gasteiger partial charge in [0.05, 0.1) is 25.9 Å². The number of nitrogens with one attached hydrogen (secondary N) is 1. The molecule has 0 aromatic carbocycles. The second-order valence-electron chi connectivity index (χ2n) is 6.54. The Morgan fingerprint density at radius 3 is 2.59 bits per heavy atom. The van der Waals surface area contributed by atoms with E-state index < -0.39 is 42.8 Å². The molecule has 10 nitrogen and oxygen atoms in total. The lowest BCUT2D eigenvalue weighted by Crippen LogP contribution is -2.48. The fraction of sp³-hybridized carbons (Fsp3) is 0.750. The molecule has 0 saturated carbocycles. The van der Waals surface area contributed by atoms with E-state index in [1.54, 1.807) is 20.8 Å². The Labute approximate surface area is 156 Å². The van der Waals surface area contributed by atoms with Crippen LogP contribution in [-0.4, -0.2) is 47.1 Å². The summed E-state index contributed by atoms with van der Waals surface area (Å²) < 4.78 is 42.7. The highest BCUT2D eigenvalue weighted by Gasteiger charge is 2.57. The van der Waals surface area contributed by atoms with Crippen molar-refractivity contribution in [2.24, 2.45) is 0 Å². The normalized spacial score (nSPS) is 31.0. The third-order valence-corrected chi connectivity index (χ3v) is 7.04. The van der Waals surface area contributed by atoms with Crippen LogP contribution in [0.1, 0.15) is 39.0 Å². The van der Waals surface area contributed by atoms with Crippen molar-refractivity contribution >= 4 is 7.60 Å². The summed E-state index contributed by atoms with van der Waals surface area (Å²) in [7, 11) is -3.69. The van der Waals surface area contributed by atoms with Crippen LogP contribution in [0, 0.1) is 6.92 Å². The Morgan fingerprint density at radius 2 is 1.96 bits per heavy atom. The monoisotopic (exact) mass is 404 g/mol. The summed E-state index contributed by atoms with van der Waals surface area (Å²) in [6.07, 6.45) is 0.232. The molecule has 1 N–H and O–H groups in total. The molecule has 0 aliphatic carbocycles. The zero-order chi connectivity index (χ0) is 19.8. The molecular formula is C16H25N2O8P. The maximum atomic E-state index is 13.1. The second kappa shape index (κ2) is 7.62. The van der Waals surface area contributed by atoms with Gasteiger partial charge in [-0.25, -0.2) is 4.79 Å². The minimum absolute atomic E-state index is 0.110. The van der Waals surface area contributed by atoms with Crippen LogP contribution in [0.4, 0.5) is 0 Å². The zero-order valence-corrected chi connectivity index (χ0v) is 16.7. The first-order valence-corrected chi connectivity index (χ1v) is 10.5. The summed E-state index contributed by atoms with van der Waals surface area (Å²) >= 11 is 0. The van der Waals surface area contributed by atoms with Crippen LogP contribution in [0.2, 0.25) is 0 Å². The van der Waals surface area contributed by atoms with E-state index in [2.05, 4.69) is 4.98 Å². The van der Waals surface area contributed by atoms with E-state index in [4.69, 9.17) is 23.3 Å². The molecule has 2 aliphatic rings. The lowest BCUT2D eigenvalue weighted by Gasteiger charge is -2.41. The number of ether oxygens (including phenoxy) is 3.